The lowest BCUT2D eigenvalue weighted by Crippen LogP contribution is -2.24. The van der Waals surface area contributed by atoms with E-state index in [1.54, 1.807) is 26.0 Å². The molecule has 122 valence electrons. The molecule has 4 heteroatoms. The van der Waals surface area contributed by atoms with Gasteiger partial charge in [-0.05, 0) is 44.0 Å². The fourth-order valence-corrected chi connectivity index (χ4v) is 4.35. The molecule has 0 amide bonds. The fraction of sp³-hybridized carbons (Fsp3) is 0.368. The molecule has 0 aromatic heterocycles. The van der Waals surface area contributed by atoms with Crippen LogP contribution in [0.4, 0.5) is 0 Å². The highest BCUT2D eigenvalue weighted by Crippen LogP contribution is 2.49. The number of aliphatic hydroxyl groups is 1. The normalized spacial score (nSPS) is 20.0. The van der Waals surface area contributed by atoms with Gasteiger partial charge in [-0.2, -0.15) is 0 Å². The highest BCUT2D eigenvalue weighted by molar-refractivity contribution is 7.99. The van der Waals surface area contributed by atoms with Gasteiger partial charge < -0.3 is 14.6 Å². The molecule has 0 radical (unpaired) electrons. The summed E-state index contributed by atoms with van der Waals surface area (Å²) in [5.74, 6) is 1.70. The van der Waals surface area contributed by atoms with Crippen LogP contribution in [0.3, 0.4) is 0 Å². The van der Waals surface area contributed by atoms with E-state index in [1.165, 1.54) is 5.56 Å². The van der Waals surface area contributed by atoms with Crippen molar-refractivity contribution in [1.82, 2.24) is 0 Å². The van der Waals surface area contributed by atoms with Gasteiger partial charge in [-0.25, -0.2) is 0 Å². The highest BCUT2D eigenvalue weighted by Gasteiger charge is 2.33. The van der Waals surface area contributed by atoms with Crippen molar-refractivity contribution in [2.45, 2.75) is 36.0 Å². The van der Waals surface area contributed by atoms with Gasteiger partial charge in [0, 0.05) is 16.0 Å². The third-order valence-electron chi connectivity index (χ3n) is 4.32. The van der Waals surface area contributed by atoms with Gasteiger partial charge in [0.05, 0.1) is 25.6 Å². The van der Waals surface area contributed by atoms with Gasteiger partial charge in [0.25, 0.3) is 0 Å². The molecule has 0 saturated carbocycles. The van der Waals surface area contributed by atoms with E-state index in [0.717, 1.165) is 40.4 Å². The summed E-state index contributed by atoms with van der Waals surface area (Å²) in [5, 5.41) is 10.5. The number of aliphatic hydroxyl groups excluding tert-OH is 1. The van der Waals surface area contributed by atoms with Gasteiger partial charge in [0.15, 0.2) is 0 Å². The lowest BCUT2D eigenvalue weighted by Gasteiger charge is -2.32. The van der Waals surface area contributed by atoms with Crippen molar-refractivity contribution in [3.05, 3.63) is 53.1 Å². The van der Waals surface area contributed by atoms with Crippen LogP contribution in [0.1, 0.15) is 28.4 Å². The average Bonchev–Trinajstić information content (AvgIpc) is 2.58. The second-order valence-electron chi connectivity index (χ2n) is 5.82. The van der Waals surface area contributed by atoms with Crippen LogP contribution in [-0.4, -0.2) is 25.4 Å². The molecule has 0 spiro atoms. The summed E-state index contributed by atoms with van der Waals surface area (Å²) >= 11 is 1.69. The monoisotopic (exact) mass is 330 g/mol. The maximum atomic E-state index is 10.6. The third-order valence-corrected chi connectivity index (χ3v) is 5.67. The molecule has 3 rings (SSSR count). The second kappa shape index (κ2) is 6.85. The number of aryl methyl sites for hydroxylation is 1. The van der Waals surface area contributed by atoms with Crippen LogP contribution in [0.25, 0.3) is 0 Å². The molecule has 2 atom stereocenters. The molecule has 23 heavy (non-hydrogen) atoms. The van der Waals surface area contributed by atoms with Gasteiger partial charge >= 0.3 is 0 Å². The lowest BCUT2D eigenvalue weighted by molar-refractivity contribution is 0.153. The van der Waals surface area contributed by atoms with Crippen molar-refractivity contribution in [2.75, 3.05) is 14.2 Å². The fourth-order valence-electron chi connectivity index (χ4n) is 3.10. The summed E-state index contributed by atoms with van der Waals surface area (Å²) in [6, 6.07) is 12.3. The zero-order valence-corrected chi connectivity index (χ0v) is 14.5. The Morgan fingerprint density at radius 3 is 2.30 bits per heavy atom. The molecule has 0 bridgehead atoms. The molecule has 1 N–H and O–H groups in total. The molecule has 1 aliphatic rings. The van der Waals surface area contributed by atoms with E-state index < -0.39 is 6.10 Å². The second-order valence-corrected chi connectivity index (χ2v) is 7.03. The van der Waals surface area contributed by atoms with Crippen molar-refractivity contribution in [2.24, 2.45) is 0 Å². The Kier molecular flexibility index (Phi) is 4.83. The zero-order chi connectivity index (χ0) is 16.4. The SMILES string of the molecule is COc1ccc(OC)c2c1CC[C@H](O)[C@H]2Sc1ccc(C)cc1. The highest BCUT2D eigenvalue weighted by atomic mass is 32.2. The van der Waals surface area contributed by atoms with E-state index in [0.29, 0.717) is 0 Å². The molecular weight excluding hydrogens is 308 g/mol. The van der Waals surface area contributed by atoms with Crippen LogP contribution in [0.15, 0.2) is 41.3 Å². The van der Waals surface area contributed by atoms with Gasteiger partial charge in [0.1, 0.15) is 11.5 Å². The molecule has 3 nitrogen and oxygen atoms in total. The molecule has 1 aliphatic carbocycles. The Morgan fingerprint density at radius 1 is 1.00 bits per heavy atom. The van der Waals surface area contributed by atoms with Crippen LogP contribution in [-0.2, 0) is 6.42 Å². The molecule has 2 aromatic rings. The predicted octanol–water partition coefficient (Wildman–Crippen LogP) is 4.15. The van der Waals surface area contributed by atoms with Crippen LogP contribution in [0.2, 0.25) is 0 Å². The first-order valence-corrected chi connectivity index (χ1v) is 8.67. The number of hydrogen-bond donors (Lipinski definition) is 1. The number of methoxy groups -OCH3 is 2. The van der Waals surface area contributed by atoms with E-state index in [2.05, 4.69) is 31.2 Å². The maximum Gasteiger partial charge on any atom is 0.123 e. The molecule has 0 fully saturated rings. The van der Waals surface area contributed by atoms with Crippen LogP contribution < -0.4 is 9.47 Å². The largest absolute Gasteiger partial charge is 0.496 e. The first-order chi connectivity index (χ1) is 11.1. The van der Waals surface area contributed by atoms with E-state index >= 15 is 0 Å². The molecular formula is C19H22O3S. The van der Waals surface area contributed by atoms with Crippen LogP contribution >= 0.6 is 11.8 Å². The smallest absolute Gasteiger partial charge is 0.123 e. The van der Waals surface area contributed by atoms with Crippen LogP contribution in [0.5, 0.6) is 11.5 Å². The number of rotatable bonds is 4. The number of fused-ring (bicyclic) bond motifs is 1. The number of thioether (sulfide) groups is 1. The Morgan fingerprint density at radius 2 is 1.65 bits per heavy atom. The van der Waals surface area contributed by atoms with Gasteiger partial charge in [-0.1, -0.05) is 17.7 Å². The Balaban J connectivity index is 2.03. The van der Waals surface area contributed by atoms with Gasteiger partial charge in [-0.3, -0.25) is 0 Å². The van der Waals surface area contributed by atoms with Crippen molar-refractivity contribution in [3.63, 3.8) is 0 Å². The molecule has 0 saturated heterocycles. The average molecular weight is 330 g/mol. The van der Waals surface area contributed by atoms with E-state index in [4.69, 9.17) is 9.47 Å². The number of hydrogen-bond acceptors (Lipinski definition) is 4. The quantitative estimate of drug-likeness (QED) is 0.914. The van der Waals surface area contributed by atoms with Crippen molar-refractivity contribution >= 4 is 11.8 Å². The molecule has 0 aliphatic heterocycles. The molecule has 2 aromatic carbocycles. The van der Waals surface area contributed by atoms with E-state index in [9.17, 15) is 5.11 Å². The summed E-state index contributed by atoms with van der Waals surface area (Å²) in [6.45, 7) is 2.08. The minimum atomic E-state index is -0.394. The number of ether oxygens (including phenoxy) is 2. The first kappa shape index (κ1) is 16.2. The minimum absolute atomic E-state index is 0.0495. The summed E-state index contributed by atoms with van der Waals surface area (Å²) in [4.78, 5) is 1.15. The van der Waals surface area contributed by atoms with Crippen molar-refractivity contribution in [3.8, 4) is 11.5 Å². The summed E-state index contributed by atoms with van der Waals surface area (Å²) in [5.41, 5.74) is 3.45. The summed E-state index contributed by atoms with van der Waals surface area (Å²) in [7, 11) is 3.37. The summed E-state index contributed by atoms with van der Waals surface area (Å²) in [6.07, 6.45) is 1.15. The lowest BCUT2D eigenvalue weighted by atomic mass is 9.88. The Bertz CT molecular complexity index is 682. The number of benzene rings is 2. The Hall–Kier alpha value is -1.65. The van der Waals surface area contributed by atoms with E-state index in [1.807, 2.05) is 12.1 Å². The minimum Gasteiger partial charge on any atom is -0.496 e. The molecule has 0 heterocycles. The maximum absolute atomic E-state index is 10.6. The predicted molar refractivity (Wildman–Crippen MR) is 93.7 cm³/mol. The van der Waals surface area contributed by atoms with E-state index in [-0.39, 0.29) is 5.25 Å². The standard InChI is InChI=1S/C19H22O3S/c1-12-4-6-13(7-5-12)23-19-15(20)9-8-14-16(21-2)10-11-17(22-3)18(14)19/h4-7,10-11,15,19-20H,8-9H2,1-3H3/t15-,19+/m0/s1. The first-order valence-electron chi connectivity index (χ1n) is 7.79. The summed E-state index contributed by atoms with van der Waals surface area (Å²) < 4.78 is 11.1. The Labute approximate surface area is 141 Å². The topological polar surface area (TPSA) is 38.7 Å². The van der Waals surface area contributed by atoms with Gasteiger partial charge in [-0.15, -0.1) is 11.8 Å². The van der Waals surface area contributed by atoms with Crippen molar-refractivity contribution < 1.29 is 14.6 Å². The third kappa shape index (κ3) is 3.19. The van der Waals surface area contributed by atoms with Crippen molar-refractivity contribution in [1.29, 1.82) is 0 Å². The molecule has 0 unspecified atom stereocenters. The van der Waals surface area contributed by atoms with Gasteiger partial charge in [0.2, 0.25) is 0 Å². The zero-order valence-electron chi connectivity index (χ0n) is 13.7. The van der Waals surface area contributed by atoms with Crippen LogP contribution in [0, 0.1) is 6.92 Å².